The minimum Gasteiger partial charge on any atom is -0.465 e. The number of anilines is 1. The zero-order valence-corrected chi connectivity index (χ0v) is 30.9. The number of fused-ring (bicyclic) bond motifs is 4. The van der Waals surface area contributed by atoms with Crippen LogP contribution in [0.1, 0.15) is 79.8 Å². The van der Waals surface area contributed by atoms with E-state index in [0.29, 0.717) is 57.6 Å². The Morgan fingerprint density at radius 2 is 1.60 bits per heavy atom. The zero-order chi connectivity index (χ0) is 38.1. The molecule has 0 fully saturated rings. The first kappa shape index (κ1) is 36.7. The van der Waals surface area contributed by atoms with E-state index in [0.717, 1.165) is 22.1 Å². The number of Topliss-reactive ketones (excluding diaryl/α,β-unsaturated/α-hetero) is 1. The molecule has 13 nitrogen and oxygen atoms in total. The number of rotatable bonds is 10. The Morgan fingerprint density at radius 3 is 2.26 bits per heavy atom. The average Bonchev–Trinajstić information content (AvgIpc) is 3.85. The van der Waals surface area contributed by atoms with Gasteiger partial charge in [0.2, 0.25) is 0 Å². The van der Waals surface area contributed by atoms with Crippen LogP contribution in [0.15, 0.2) is 54.6 Å². The number of esters is 1. The molecule has 1 aliphatic heterocycles. The predicted molar refractivity (Wildman–Crippen MR) is 200 cm³/mol. The number of aryl methyl sites for hydroxylation is 2. The SMILES string of the molecule is CC[C@@H]1CN(C(=O)c2cc3cc(C(C)=O)ccc3[nH]2)c2cc(OC(=O)N(C)CCN(C)C(=O)OCc3ccc(C)cc3)c3[nH]c(C)c(C(=O)OC)c3c21. The molecule has 0 bridgehead atoms. The summed E-state index contributed by atoms with van der Waals surface area (Å²) in [4.78, 5) is 76.3. The fourth-order valence-corrected chi connectivity index (χ4v) is 6.70. The fourth-order valence-electron chi connectivity index (χ4n) is 6.70. The fraction of sp³-hybridized carbons (Fsp3) is 0.325. The smallest absolute Gasteiger partial charge is 0.415 e. The Hall–Kier alpha value is -6.11. The molecule has 0 radical (unpaired) electrons. The number of nitrogens with one attached hydrogen (secondary N) is 2. The van der Waals surface area contributed by atoms with E-state index in [1.165, 1.54) is 23.8 Å². The molecule has 276 valence electrons. The number of ketones is 1. The van der Waals surface area contributed by atoms with Gasteiger partial charge in [0.15, 0.2) is 11.5 Å². The second-order valence-corrected chi connectivity index (χ2v) is 13.5. The average molecular weight is 722 g/mol. The van der Waals surface area contributed by atoms with Crippen LogP contribution in [0.2, 0.25) is 0 Å². The molecule has 0 aliphatic carbocycles. The van der Waals surface area contributed by atoms with Crippen LogP contribution >= 0.6 is 0 Å². The minimum absolute atomic E-state index is 0.0800. The topological polar surface area (TPSA) is 154 Å². The lowest BCUT2D eigenvalue weighted by atomic mass is 9.93. The third-order valence-electron chi connectivity index (χ3n) is 9.81. The standard InChI is InChI=1S/C40H43N5O8/c1-8-26-20-45(37(47)30-18-28-17-27(24(4)46)13-14-29(28)42-30)31-19-32(36-35(34(26)31)33(23(3)41-36)38(48)51-7)53-40(50)44(6)16-15-43(5)39(49)52-21-25-11-9-22(2)10-12-25/h9-14,17-19,26,41-42H,8,15-16,20-21H2,1-7H3/t26-/m1/s1. The molecule has 0 unspecified atom stereocenters. The number of amides is 3. The summed E-state index contributed by atoms with van der Waals surface area (Å²) in [6, 6.07) is 16.3. The second-order valence-electron chi connectivity index (χ2n) is 13.5. The van der Waals surface area contributed by atoms with E-state index in [4.69, 9.17) is 14.2 Å². The number of benzene rings is 3. The summed E-state index contributed by atoms with van der Waals surface area (Å²) in [5.74, 6) is -0.982. The number of ether oxygens (including phenoxy) is 3. The molecular formula is C40H43N5O8. The number of aromatic nitrogens is 2. The van der Waals surface area contributed by atoms with Gasteiger partial charge in [-0.05, 0) is 62.6 Å². The molecule has 0 saturated heterocycles. The van der Waals surface area contributed by atoms with E-state index in [9.17, 15) is 24.0 Å². The van der Waals surface area contributed by atoms with Crippen LogP contribution in [0.25, 0.3) is 21.8 Å². The van der Waals surface area contributed by atoms with Gasteiger partial charge in [0, 0.05) is 73.3 Å². The number of carbonyl (C=O) groups is 5. The van der Waals surface area contributed by atoms with Gasteiger partial charge in [-0.1, -0.05) is 36.8 Å². The Kier molecular flexibility index (Phi) is 10.3. The van der Waals surface area contributed by atoms with Crippen LogP contribution in [0, 0.1) is 13.8 Å². The lowest BCUT2D eigenvalue weighted by Crippen LogP contribution is -2.38. The molecule has 53 heavy (non-hydrogen) atoms. The van der Waals surface area contributed by atoms with Gasteiger partial charge in [-0.15, -0.1) is 0 Å². The van der Waals surface area contributed by atoms with Crippen molar-refractivity contribution in [2.24, 2.45) is 0 Å². The maximum absolute atomic E-state index is 14.2. The Balaban J connectivity index is 1.28. The third kappa shape index (κ3) is 7.19. The molecule has 3 heterocycles. The van der Waals surface area contributed by atoms with Gasteiger partial charge in [-0.3, -0.25) is 9.59 Å². The van der Waals surface area contributed by atoms with Gasteiger partial charge >= 0.3 is 18.2 Å². The van der Waals surface area contributed by atoms with E-state index < -0.39 is 18.2 Å². The van der Waals surface area contributed by atoms with Crippen LogP contribution in [-0.2, 0) is 16.1 Å². The van der Waals surface area contributed by atoms with E-state index in [2.05, 4.69) is 9.97 Å². The first-order valence-corrected chi connectivity index (χ1v) is 17.4. The maximum Gasteiger partial charge on any atom is 0.415 e. The molecule has 5 aromatic rings. The van der Waals surface area contributed by atoms with Gasteiger partial charge in [-0.25, -0.2) is 14.4 Å². The van der Waals surface area contributed by atoms with Gasteiger partial charge in [0.05, 0.1) is 23.9 Å². The van der Waals surface area contributed by atoms with E-state index >= 15 is 0 Å². The molecule has 1 aliphatic rings. The highest BCUT2D eigenvalue weighted by Gasteiger charge is 2.38. The minimum atomic E-state index is -0.709. The first-order valence-electron chi connectivity index (χ1n) is 17.4. The number of aromatic amines is 2. The summed E-state index contributed by atoms with van der Waals surface area (Å²) in [5.41, 5.74) is 6.06. The summed E-state index contributed by atoms with van der Waals surface area (Å²) in [7, 11) is 4.44. The van der Waals surface area contributed by atoms with E-state index in [1.54, 1.807) is 56.3 Å². The van der Waals surface area contributed by atoms with Gasteiger partial charge in [0.1, 0.15) is 12.3 Å². The number of carbonyl (C=O) groups excluding carboxylic acids is 5. The summed E-state index contributed by atoms with van der Waals surface area (Å²) in [6.45, 7) is 7.97. The second kappa shape index (κ2) is 14.9. The van der Waals surface area contributed by atoms with Crippen molar-refractivity contribution in [3.8, 4) is 5.75 Å². The summed E-state index contributed by atoms with van der Waals surface area (Å²) in [5, 5.41) is 1.25. The molecule has 3 amide bonds. The van der Waals surface area contributed by atoms with Gasteiger partial charge < -0.3 is 38.9 Å². The number of likely N-dealkylation sites (N-methyl/N-ethyl adjacent to an activating group) is 2. The van der Waals surface area contributed by atoms with Crippen LogP contribution in [-0.4, -0.2) is 90.5 Å². The molecule has 3 aromatic carbocycles. The highest BCUT2D eigenvalue weighted by molar-refractivity contribution is 6.15. The van der Waals surface area contributed by atoms with Crippen LogP contribution in [0.5, 0.6) is 5.75 Å². The zero-order valence-electron chi connectivity index (χ0n) is 30.9. The number of nitrogens with zero attached hydrogens (tertiary/aromatic N) is 3. The van der Waals surface area contributed by atoms with Crippen LogP contribution in [0.3, 0.4) is 0 Å². The molecule has 2 N–H and O–H groups in total. The highest BCUT2D eigenvalue weighted by atomic mass is 16.6. The van der Waals surface area contributed by atoms with Crippen molar-refractivity contribution in [3.63, 3.8) is 0 Å². The van der Waals surface area contributed by atoms with E-state index in [1.807, 2.05) is 38.1 Å². The lowest BCUT2D eigenvalue weighted by molar-refractivity contribution is 0.0601. The largest absolute Gasteiger partial charge is 0.465 e. The van der Waals surface area contributed by atoms with Gasteiger partial charge in [0.25, 0.3) is 5.91 Å². The molecule has 0 spiro atoms. The summed E-state index contributed by atoms with van der Waals surface area (Å²) >= 11 is 0. The number of H-pyrrole nitrogens is 2. The Morgan fingerprint density at radius 1 is 0.906 bits per heavy atom. The quantitative estimate of drug-likeness (QED) is 0.114. The summed E-state index contributed by atoms with van der Waals surface area (Å²) in [6.07, 6.45) is -0.581. The van der Waals surface area contributed by atoms with Crippen molar-refractivity contribution in [1.82, 2.24) is 19.8 Å². The molecule has 0 saturated carbocycles. The van der Waals surface area contributed by atoms with Crippen LogP contribution in [0.4, 0.5) is 15.3 Å². The highest BCUT2D eigenvalue weighted by Crippen LogP contribution is 2.48. The molecular weight excluding hydrogens is 678 g/mol. The lowest BCUT2D eigenvalue weighted by Gasteiger charge is -2.22. The molecule has 1 atom stereocenters. The van der Waals surface area contributed by atoms with Crippen molar-refractivity contribution in [2.45, 2.75) is 46.6 Å². The van der Waals surface area contributed by atoms with Crippen molar-refractivity contribution in [2.75, 3.05) is 45.7 Å². The van der Waals surface area contributed by atoms with Crippen molar-refractivity contribution < 1.29 is 38.2 Å². The predicted octanol–water partition coefficient (Wildman–Crippen LogP) is 7.11. The van der Waals surface area contributed by atoms with E-state index in [-0.39, 0.29) is 43.1 Å². The van der Waals surface area contributed by atoms with Crippen molar-refractivity contribution >= 4 is 57.3 Å². The van der Waals surface area contributed by atoms with Crippen LogP contribution < -0.4 is 9.64 Å². The monoisotopic (exact) mass is 721 g/mol. The number of hydrogen-bond donors (Lipinski definition) is 2. The molecule has 6 rings (SSSR count). The van der Waals surface area contributed by atoms with Crippen molar-refractivity contribution in [3.05, 3.63) is 93.8 Å². The number of hydrogen-bond acceptors (Lipinski definition) is 8. The first-order chi connectivity index (χ1) is 25.3. The van der Waals surface area contributed by atoms with Gasteiger partial charge in [-0.2, -0.15) is 0 Å². The molecule has 13 heteroatoms. The van der Waals surface area contributed by atoms with Crippen molar-refractivity contribution in [1.29, 1.82) is 0 Å². The molecule has 2 aromatic heterocycles. The Labute approximate surface area is 306 Å². The maximum atomic E-state index is 14.2. The number of methoxy groups -OCH3 is 1. The normalized spacial score (nSPS) is 13.6. The third-order valence-corrected chi connectivity index (χ3v) is 9.81. The summed E-state index contributed by atoms with van der Waals surface area (Å²) < 4.78 is 16.6. The Bertz CT molecular complexity index is 2250.